The van der Waals surface area contributed by atoms with Gasteiger partial charge in [-0.15, -0.1) is 10.2 Å². The standard InChI is InChI=1S/C10H13N3O3/c1-10(2,3)16-9(15)11-8-5-4-7(6-14)12-13-8/h4-6H,1-3H3,(H,11,13,15). The first-order chi connectivity index (χ1) is 7.40. The molecule has 6 nitrogen and oxygen atoms in total. The first-order valence-corrected chi connectivity index (χ1v) is 4.69. The van der Waals surface area contributed by atoms with Gasteiger partial charge in [0.05, 0.1) is 0 Å². The molecule has 0 aromatic carbocycles. The smallest absolute Gasteiger partial charge is 0.413 e. The summed E-state index contributed by atoms with van der Waals surface area (Å²) in [7, 11) is 0. The molecule has 1 N–H and O–H groups in total. The summed E-state index contributed by atoms with van der Waals surface area (Å²) in [6, 6.07) is 2.92. The second-order valence-corrected chi connectivity index (χ2v) is 4.09. The minimum absolute atomic E-state index is 0.203. The van der Waals surface area contributed by atoms with Gasteiger partial charge in [0.15, 0.2) is 12.1 Å². The van der Waals surface area contributed by atoms with Gasteiger partial charge in [-0.05, 0) is 32.9 Å². The number of aromatic nitrogens is 2. The van der Waals surface area contributed by atoms with Crippen molar-refractivity contribution in [1.82, 2.24) is 10.2 Å². The Morgan fingerprint density at radius 1 is 1.38 bits per heavy atom. The molecule has 0 aliphatic heterocycles. The number of ether oxygens (including phenoxy) is 1. The summed E-state index contributed by atoms with van der Waals surface area (Å²) < 4.78 is 5.01. The zero-order valence-corrected chi connectivity index (χ0v) is 9.35. The number of rotatable bonds is 2. The van der Waals surface area contributed by atoms with Gasteiger partial charge < -0.3 is 4.74 Å². The van der Waals surface area contributed by atoms with Crippen LogP contribution in [0.2, 0.25) is 0 Å². The van der Waals surface area contributed by atoms with E-state index in [4.69, 9.17) is 4.74 Å². The molecule has 1 rings (SSSR count). The molecule has 0 saturated carbocycles. The van der Waals surface area contributed by atoms with Crippen LogP contribution < -0.4 is 5.32 Å². The highest BCUT2D eigenvalue weighted by Gasteiger charge is 2.16. The number of carbonyl (C=O) groups excluding carboxylic acids is 2. The summed E-state index contributed by atoms with van der Waals surface area (Å²) in [6.07, 6.45) is -0.0368. The molecule has 0 unspecified atom stereocenters. The van der Waals surface area contributed by atoms with Crippen molar-refractivity contribution in [3.05, 3.63) is 17.8 Å². The monoisotopic (exact) mass is 223 g/mol. The number of amides is 1. The van der Waals surface area contributed by atoms with Crippen molar-refractivity contribution in [3.8, 4) is 0 Å². The van der Waals surface area contributed by atoms with Gasteiger partial charge in [0.1, 0.15) is 11.3 Å². The summed E-state index contributed by atoms with van der Waals surface area (Å²) in [5, 5.41) is 9.58. The molecule has 1 amide bonds. The van der Waals surface area contributed by atoms with E-state index in [-0.39, 0.29) is 11.5 Å². The molecule has 0 fully saturated rings. The Morgan fingerprint density at radius 3 is 2.50 bits per heavy atom. The Labute approximate surface area is 93.0 Å². The van der Waals surface area contributed by atoms with E-state index >= 15 is 0 Å². The first kappa shape index (κ1) is 12.1. The Balaban J connectivity index is 2.59. The third-order valence-electron chi connectivity index (χ3n) is 1.43. The molecule has 1 aromatic heterocycles. The van der Waals surface area contributed by atoms with E-state index in [9.17, 15) is 9.59 Å². The molecule has 0 aliphatic carbocycles. The average Bonchev–Trinajstić information content (AvgIpc) is 2.16. The molecular weight excluding hydrogens is 210 g/mol. The van der Waals surface area contributed by atoms with Crippen LogP contribution >= 0.6 is 0 Å². The maximum Gasteiger partial charge on any atom is 0.413 e. The van der Waals surface area contributed by atoms with Crippen LogP contribution in [0.4, 0.5) is 10.6 Å². The fourth-order valence-electron chi connectivity index (χ4n) is 0.880. The van der Waals surface area contributed by atoms with E-state index in [2.05, 4.69) is 15.5 Å². The molecular formula is C10H13N3O3. The normalized spacial score (nSPS) is 10.7. The number of nitrogens with zero attached hydrogens (tertiary/aromatic N) is 2. The molecule has 0 atom stereocenters. The van der Waals surface area contributed by atoms with Crippen molar-refractivity contribution in [3.63, 3.8) is 0 Å². The molecule has 1 aromatic rings. The van der Waals surface area contributed by atoms with Gasteiger partial charge in [-0.3, -0.25) is 10.1 Å². The van der Waals surface area contributed by atoms with E-state index < -0.39 is 11.7 Å². The average molecular weight is 223 g/mol. The lowest BCUT2D eigenvalue weighted by atomic mass is 10.2. The molecule has 0 spiro atoms. The Kier molecular flexibility index (Phi) is 3.55. The summed E-state index contributed by atoms with van der Waals surface area (Å²) in [4.78, 5) is 21.6. The Hall–Kier alpha value is -1.98. The number of hydrogen-bond acceptors (Lipinski definition) is 5. The van der Waals surface area contributed by atoms with Crippen molar-refractivity contribution < 1.29 is 14.3 Å². The van der Waals surface area contributed by atoms with Gasteiger partial charge in [0.25, 0.3) is 0 Å². The minimum atomic E-state index is -0.611. The minimum Gasteiger partial charge on any atom is -0.444 e. The van der Waals surface area contributed by atoms with Crippen molar-refractivity contribution in [2.45, 2.75) is 26.4 Å². The van der Waals surface area contributed by atoms with E-state index in [1.54, 1.807) is 20.8 Å². The lowest BCUT2D eigenvalue weighted by molar-refractivity contribution is 0.0635. The zero-order valence-electron chi connectivity index (χ0n) is 9.35. The van der Waals surface area contributed by atoms with Gasteiger partial charge in [0.2, 0.25) is 0 Å². The summed E-state index contributed by atoms with van der Waals surface area (Å²) in [5.74, 6) is 0.236. The molecule has 0 radical (unpaired) electrons. The SMILES string of the molecule is CC(C)(C)OC(=O)Nc1ccc(C=O)nn1. The van der Waals surface area contributed by atoms with E-state index in [1.807, 2.05) is 0 Å². The fraction of sp³-hybridized carbons (Fsp3) is 0.400. The summed E-state index contributed by atoms with van der Waals surface area (Å²) >= 11 is 0. The molecule has 86 valence electrons. The topological polar surface area (TPSA) is 81.2 Å². The van der Waals surface area contributed by atoms with Crippen LogP contribution in [0.5, 0.6) is 0 Å². The number of carbonyl (C=O) groups is 2. The number of anilines is 1. The van der Waals surface area contributed by atoms with Crippen LogP contribution in [0, 0.1) is 0 Å². The highest BCUT2D eigenvalue weighted by atomic mass is 16.6. The Bertz CT molecular complexity index is 381. The number of hydrogen-bond donors (Lipinski definition) is 1. The second kappa shape index (κ2) is 4.69. The van der Waals surface area contributed by atoms with E-state index in [0.717, 1.165) is 0 Å². The zero-order chi connectivity index (χ0) is 12.2. The van der Waals surface area contributed by atoms with Crippen molar-refractivity contribution in [1.29, 1.82) is 0 Å². The van der Waals surface area contributed by atoms with Crippen molar-refractivity contribution in [2.75, 3.05) is 5.32 Å². The number of aldehydes is 1. The van der Waals surface area contributed by atoms with Crippen LogP contribution in [-0.2, 0) is 4.74 Å². The third kappa shape index (κ3) is 4.04. The maximum atomic E-state index is 11.3. The van der Waals surface area contributed by atoms with Crippen molar-refractivity contribution >= 4 is 18.2 Å². The highest BCUT2D eigenvalue weighted by molar-refractivity contribution is 5.83. The van der Waals surface area contributed by atoms with Crippen LogP contribution in [-0.4, -0.2) is 28.2 Å². The van der Waals surface area contributed by atoms with Crippen LogP contribution in [0.25, 0.3) is 0 Å². The van der Waals surface area contributed by atoms with Gasteiger partial charge >= 0.3 is 6.09 Å². The lowest BCUT2D eigenvalue weighted by Gasteiger charge is -2.19. The van der Waals surface area contributed by atoms with Gasteiger partial charge in [-0.1, -0.05) is 0 Å². The van der Waals surface area contributed by atoms with E-state index in [0.29, 0.717) is 6.29 Å². The van der Waals surface area contributed by atoms with Gasteiger partial charge in [-0.2, -0.15) is 0 Å². The Morgan fingerprint density at radius 2 is 2.06 bits per heavy atom. The number of nitrogens with one attached hydrogen (secondary N) is 1. The van der Waals surface area contributed by atoms with Crippen LogP contribution in [0.15, 0.2) is 12.1 Å². The molecule has 0 saturated heterocycles. The predicted molar refractivity (Wildman–Crippen MR) is 57.3 cm³/mol. The largest absolute Gasteiger partial charge is 0.444 e. The molecule has 1 heterocycles. The van der Waals surface area contributed by atoms with Crippen LogP contribution in [0.3, 0.4) is 0 Å². The maximum absolute atomic E-state index is 11.3. The van der Waals surface area contributed by atoms with Crippen LogP contribution in [0.1, 0.15) is 31.3 Å². The highest BCUT2D eigenvalue weighted by Crippen LogP contribution is 2.09. The quantitative estimate of drug-likeness (QED) is 0.771. The lowest BCUT2D eigenvalue weighted by Crippen LogP contribution is -2.27. The first-order valence-electron chi connectivity index (χ1n) is 4.69. The van der Waals surface area contributed by atoms with E-state index in [1.165, 1.54) is 12.1 Å². The molecule has 0 bridgehead atoms. The molecule has 6 heteroatoms. The third-order valence-corrected chi connectivity index (χ3v) is 1.43. The molecule has 16 heavy (non-hydrogen) atoms. The summed E-state index contributed by atoms with van der Waals surface area (Å²) in [5.41, 5.74) is -0.366. The molecule has 0 aliphatic rings. The summed E-state index contributed by atoms with van der Waals surface area (Å²) in [6.45, 7) is 5.27. The second-order valence-electron chi connectivity index (χ2n) is 4.09. The van der Waals surface area contributed by atoms with Gasteiger partial charge in [0, 0.05) is 0 Å². The predicted octanol–water partition coefficient (Wildman–Crippen LogP) is 1.64. The van der Waals surface area contributed by atoms with Gasteiger partial charge in [-0.25, -0.2) is 4.79 Å². The van der Waals surface area contributed by atoms with Crippen molar-refractivity contribution in [2.24, 2.45) is 0 Å². The fourth-order valence-corrected chi connectivity index (χ4v) is 0.880.